The van der Waals surface area contributed by atoms with Crippen LogP contribution < -0.4 is 0 Å². The minimum absolute atomic E-state index is 1.15. The van der Waals surface area contributed by atoms with E-state index in [4.69, 9.17) is 71.1 Å². The van der Waals surface area contributed by atoms with Crippen LogP contribution in [0.4, 0.5) is 0 Å². The predicted molar refractivity (Wildman–Crippen MR) is 53.2 cm³/mol. The maximum absolute atomic E-state index is 5.42. The molecule has 0 aliphatic carbocycles. The van der Waals surface area contributed by atoms with Crippen LogP contribution in [0, 0.1) is 0 Å². The van der Waals surface area contributed by atoms with Crippen molar-refractivity contribution in [2.45, 2.75) is 3.68 Å². The summed E-state index contributed by atoms with van der Waals surface area (Å²) in [5.74, 6) is 0. The van der Waals surface area contributed by atoms with Gasteiger partial charge in [0, 0.05) is 0 Å². The zero-order valence-electron chi connectivity index (χ0n) is 4.49. The first-order valence-electron chi connectivity index (χ1n) is 1.88. The molecule has 0 rings (SSSR count). The summed E-state index contributed by atoms with van der Waals surface area (Å²) in [5, 5.41) is 0. The van der Waals surface area contributed by atoms with E-state index in [9.17, 15) is 0 Å². The van der Waals surface area contributed by atoms with Crippen molar-refractivity contribution in [2.75, 3.05) is 0 Å². The van der Waals surface area contributed by atoms with Crippen LogP contribution >= 0.6 is 69.6 Å². The molecule has 0 aliphatic heterocycles. The van der Waals surface area contributed by atoms with Crippen molar-refractivity contribution >= 4 is 112 Å². The monoisotopic (exact) mass is 510 g/mol. The topological polar surface area (TPSA) is 9.23 Å². The molecule has 9 heteroatoms. The number of hydrogen-bond acceptors (Lipinski definition) is 1. The van der Waals surface area contributed by atoms with Crippen LogP contribution in [0.25, 0.3) is 0 Å². The quantitative estimate of drug-likeness (QED) is 0.413. The fourth-order valence-electron chi connectivity index (χ4n) is 0.0942. The minimum atomic E-state index is -1.30. The van der Waals surface area contributed by atoms with Gasteiger partial charge in [-0.25, -0.2) is 0 Å². The average Bonchev–Trinajstić information content (AvgIpc) is 1.55. The number of halogens is 6. The van der Waals surface area contributed by atoms with Crippen LogP contribution in [0.15, 0.2) is 0 Å². The van der Waals surface area contributed by atoms with Crippen LogP contribution in [0.2, 0.25) is 0 Å². The predicted octanol–water partition coefficient (Wildman–Crippen LogP) is 2.90. The molecule has 0 aromatic carbocycles. The van der Waals surface area contributed by atoms with Gasteiger partial charge in [-0.15, -0.1) is 0 Å². The molecule has 0 fully saturated rings. The van der Waals surface area contributed by atoms with E-state index >= 15 is 0 Å². The Hall–Kier alpha value is 3.28. The van der Waals surface area contributed by atoms with Crippen LogP contribution in [-0.2, 0) is 1.47 Å². The van der Waals surface area contributed by atoms with Gasteiger partial charge in [0.2, 0.25) is 0 Å². The van der Waals surface area contributed by atoms with Crippen LogP contribution in [0.5, 0.6) is 0 Å². The van der Waals surface area contributed by atoms with Crippen LogP contribution in [0.1, 0.15) is 0 Å². The van der Waals surface area contributed by atoms with Gasteiger partial charge in [-0.05, 0) is 0 Å². The van der Waals surface area contributed by atoms with Crippen molar-refractivity contribution in [3.05, 3.63) is 0 Å². The van der Waals surface area contributed by atoms with Crippen molar-refractivity contribution in [2.24, 2.45) is 0 Å². The first-order valence-corrected chi connectivity index (χ1v) is 8.38. The molecule has 0 saturated heterocycles. The second-order valence-electron chi connectivity index (χ2n) is 1.13. The van der Waals surface area contributed by atoms with Crippen molar-refractivity contribution < 1.29 is 1.47 Å². The van der Waals surface area contributed by atoms with Gasteiger partial charge in [0.25, 0.3) is 0 Å². The summed E-state index contributed by atoms with van der Waals surface area (Å²) in [6.45, 7) is 0. The third-order valence-electron chi connectivity index (χ3n) is 0.257. The van der Waals surface area contributed by atoms with E-state index in [2.05, 4.69) is 0 Å². The zero-order valence-corrected chi connectivity index (χ0v) is 13.7. The third-order valence-corrected chi connectivity index (χ3v) is 6.87. The molecular formula is C2Cl6OTe2. The Bertz CT molecular complexity index is 103. The summed E-state index contributed by atoms with van der Waals surface area (Å²) in [7, 11) is 0. The van der Waals surface area contributed by atoms with E-state index in [1.807, 2.05) is 0 Å². The summed E-state index contributed by atoms with van der Waals surface area (Å²) in [6.07, 6.45) is 0. The molecule has 0 radical (unpaired) electrons. The summed E-state index contributed by atoms with van der Waals surface area (Å²) in [5.41, 5.74) is 0. The van der Waals surface area contributed by atoms with Crippen molar-refractivity contribution in [3.63, 3.8) is 0 Å². The van der Waals surface area contributed by atoms with Gasteiger partial charge < -0.3 is 0 Å². The summed E-state index contributed by atoms with van der Waals surface area (Å²) >= 11 is 30.2. The molecule has 0 aromatic heterocycles. The molecule has 0 N–H and O–H groups in total. The van der Waals surface area contributed by atoms with Gasteiger partial charge in [-0.1, -0.05) is 0 Å². The molecule has 0 bridgehead atoms. The first kappa shape index (κ1) is 14.3. The molecule has 0 aromatic rings. The van der Waals surface area contributed by atoms with E-state index in [-0.39, 0.29) is 0 Å². The fourth-order valence-corrected chi connectivity index (χ4v) is 11.2. The standard InChI is InChI=1S/C2Cl6OTe2/c3-1(4,5)10-9-11-2(6,7)8. The molecular weight excluding hydrogens is 508 g/mol. The van der Waals surface area contributed by atoms with E-state index in [0.717, 1.165) is 0 Å². The number of rotatable bonds is 2. The van der Waals surface area contributed by atoms with Gasteiger partial charge in [0.15, 0.2) is 0 Å². The van der Waals surface area contributed by atoms with Crippen molar-refractivity contribution in [1.82, 2.24) is 0 Å². The molecule has 11 heavy (non-hydrogen) atoms. The molecule has 68 valence electrons. The Morgan fingerprint density at radius 1 is 0.727 bits per heavy atom. The molecule has 0 heterocycles. The van der Waals surface area contributed by atoms with Gasteiger partial charge >= 0.3 is 117 Å². The van der Waals surface area contributed by atoms with E-state index in [1.54, 1.807) is 0 Å². The molecule has 0 amide bonds. The molecule has 1 nitrogen and oxygen atoms in total. The molecule has 0 aliphatic rings. The summed E-state index contributed by atoms with van der Waals surface area (Å²) in [4.78, 5) is 0. The van der Waals surface area contributed by atoms with E-state index < -0.39 is 46.3 Å². The molecule has 0 saturated carbocycles. The van der Waals surface area contributed by atoms with Gasteiger partial charge in [0.1, 0.15) is 0 Å². The maximum atomic E-state index is 5.42. The van der Waals surface area contributed by atoms with E-state index in [1.165, 1.54) is 0 Å². The normalized spacial score (nSPS) is 13.6. The molecule has 0 unspecified atom stereocenters. The van der Waals surface area contributed by atoms with Crippen molar-refractivity contribution in [1.29, 1.82) is 0 Å². The second-order valence-corrected chi connectivity index (χ2v) is 17.4. The van der Waals surface area contributed by atoms with Gasteiger partial charge in [0.05, 0.1) is 0 Å². The van der Waals surface area contributed by atoms with Crippen LogP contribution in [-0.4, -0.2) is 46.3 Å². The fraction of sp³-hybridized carbons (Fsp3) is 1.00. The van der Waals surface area contributed by atoms with Crippen molar-refractivity contribution in [3.8, 4) is 0 Å². The Morgan fingerprint density at radius 2 is 1.00 bits per heavy atom. The Kier molecular flexibility index (Phi) is 7.78. The second kappa shape index (κ2) is 5.99. The average molecular weight is 508 g/mol. The molecule has 0 atom stereocenters. The Morgan fingerprint density at radius 3 is 1.18 bits per heavy atom. The molecule has 0 spiro atoms. The Labute approximate surface area is 116 Å². The summed E-state index contributed by atoms with van der Waals surface area (Å²) < 4.78 is 2.43. The third kappa shape index (κ3) is 13.3. The van der Waals surface area contributed by atoms with Gasteiger partial charge in [-0.3, -0.25) is 0 Å². The van der Waals surface area contributed by atoms with Gasteiger partial charge in [-0.2, -0.15) is 0 Å². The summed E-state index contributed by atoms with van der Waals surface area (Å²) in [6, 6.07) is 0. The first-order chi connectivity index (χ1) is 4.71. The SMILES string of the molecule is ClC(Cl)(Cl)[Te]O[Te]C(Cl)(Cl)Cl. The van der Waals surface area contributed by atoms with E-state index in [0.29, 0.717) is 0 Å². The number of hydrogen-bond donors (Lipinski definition) is 0. The van der Waals surface area contributed by atoms with Crippen LogP contribution in [0.3, 0.4) is 0 Å². The number of alkyl halides is 6. The Balaban J connectivity index is 3.44. The zero-order chi connectivity index (χ0) is 9.12.